The molecule has 2 heterocycles. The van der Waals surface area contributed by atoms with Crippen molar-refractivity contribution in [3.05, 3.63) is 17.5 Å². The predicted octanol–water partition coefficient (Wildman–Crippen LogP) is 2.75. The summed E-state index contributed by atoms with van der Waals surface area (Å²) in [5.74, 6) is 0.397. The van der Waals surface area contributed by atoms with Crippen molar-refractivity contribution in [1.29, 1.82) is 0 Å². The average molecular weight is 291 g/mol. The fourth-order valence-electron chi connectivity index (χ4n) is 3.49. The van der Waals surface area contributed by atoms with Crippen LogP contribution in [0.1, 0.15) is 57.8 Å². The second kappa shape index (κ2) is 7.21. The highest BCUT2D eigenvalue weighted by Gasteiger charge is 2.38. The van der Waals surface area contributed by atoms with Gasteiger partial charge >= 0.3 is 0 Å². The van der Waals surface area contributed by atoms with Gasteiger partial charge in [0.15, 0.2) is 0 Å². The molecule has 0 aliphatic carbocycles. The van der Waals surface area contributed by atoms with E-state index < -0.39 is 0 Å². The molecule has 0 saturated carbocycles. The molecular weight excluding hydrogens is 262 g/mol. The molecule has 0 spiro atoms. The first-order valence-corrected chi connectivity index (χ1v) is 8.44. The monoisotopic (exact) mass is 291 g/mol. The SMILES string of the molecule is CCCC1(C(=O)Cc2cc(CC)nn2CC)CCCNC1. The van der Waals surface area contributed by atoms with E-state index in [2.05, 4.69) is 37.3 Å². The quantitative estimate of drug-likeness (QED) is 0.840. The van der Waals surface area contributed by atoms with Gasteiger partial charge in [-0.05, 0) is 45.2 Å². The Hall–Kier alpha value is -1.16. The van der Waals surface area contributed by atoms with Crippen molar-refractivity contribution < 1.29 is 4.79 Å². The number of piperidine rings is 1. The van der Waals surface area contributed by atoms with E-state index in [1.54, 1.807) is 0 Å². The van der Waals surface area contributed by atoms with Crippen molar-refractivity contribution in [1.82, 2.24) is 15.1 Å². The number of Topliss-reactive ketones (excluding diaryl/α,β-unsaturated/α-hetero) is 1. The van der Waals surface area contributed by atoms with Crippen LogP contribution >= 0.6 is 0 Å². The zero-order valence-corrected chi connectivity index (χ0v) is 13.7. The van der Waals surface area contributed by atoms with Crippen LogP contribution in [0.4, 0.5) is 0 Å². The zero-order chi connectivity index (χ0) is 15.3. The number of carbonyl (C=O) groups is 1. The molecule has 0 bridgehead atoms. The first kappa shape index (κ1) is 16.2. The van der Waals surface area contributed by atoms with Crippen LogP contribution in [0.25, 0.3) is 0 Å². The van der Waals surface area contributed by atoms with Gasteiger partial charge in [0.2, 0.25) is 0 Å². The van der Waals surface area contributed by atoms with Crippen molar-refractivity contribution in [3.63, 3.8) is 0 Å². The highest BCUT2D eigenvalue weighted by molar-refractivity contribution is 5.87. The van der Waals surface area contributed by atoms with Crippen LogP contribution in [0, 0.1) is 5.41 Å². The van der Waals surface area contributed by atoms with Gasteiger partial charge in [0.1, 0.15) is 5.78 Å². The number of rotatable bonds is 7. The summed E-state index contributed by atoms with van der Waals surface area (Å²) in [6, 6.07) is 2.11. The van der Waals surface area contributed by atoms with Gasteiger partial charge in [-0.25, -0.2) is 0 Å². The van der Waals surface area contributed by atoms with E-state index in [1.165, 1.54) is 0 Å². The maximum Gasteiger partial charge on any atom is 0.146 e. The average Bonchev–Trinajstić information content (AvgIpc) is 2.90. The molecule has 1 aromatic heterocycles. The number of carbonyl (C=O) groups excluding carboxylic acids is 1. The van der Waals surface area contributed by atoms with E-state index in [1.807, 2.05) is 4.68 Å². The Balaban J connectivity index is 2.16. The Bertz CT molecular complexity index is 467. The third-order valence-electron chi connectivity index (χ3n) is 4.71. The second-order valence-electron chi connectivity index (χ2n) is 6.21. The summed E-state index contributed by atoms with van der Waals surface area (Å²) in [6.45, 7) is 9.10. The molecule has 0 amide bonds. The Kier molecular flexibility index (Phi) is 5.57. The molecule has 1 N–H and O–H groups in total. The molecule has 1 saturated heterocycles. The van der Waals surface area contributed by atoms with Gasteiger partial charge in [-0.3, -0.25) is 9.48 Å². The molecule has 1 aliphatic rings. The smallest absolute Gasteiger partial charge is 0.146 e. The van der Waals surface area contributed by atoms with Gasteiger partial charge < -0.3 is 5.32 Å². The lowest BCUT2D eigenvalue weighted by atomic mass is 9.72. The Morgan fingerprint density at radius 1 is 1.43 bits per heavy atom. The van der Waals surface area contributed by atoms with Crippen molar-refractivity contribution in [2.45, 2.75) is 65.8 Å². The molecule has 4 heteroatoms. The van der Waals surface area contributed by atoms with Gasteiger partial charge in [0, 0.05) is 30.6 Å². The van der Waals surface area contributed by atoms with E-state index >= 15 is 0 Å². The third kappa shape index (κ3) is 3.54. The normalized spacial score (nSPS) is 22.4. The lowest BCUT2D eigenvalue weighted by molar-refractivity contribution is -0.129. The predicted molar refractivity (Wildman–Crippen MR) is 85.4 cm³/mol. The van der Waals surface area contributed by atoms with Crippen LogP contribution < -0.4 is 5.32 Å². The molecule has 1 aromatic rings. The molecule has 1 aliphatic heterocycles. The second-order valence-corrected chi connectivity index (χ2v) is 6.21. The largest absolute Gasteiger partial charge is 0.316 e. The summed E-state index contributed by atoms with van der Waals surface area (Å²) >= 11 is 0. The maximum atomic E-state index is 13.0. The van der Waals surface area contributed by atoms with Gasteiger partial charge in [-0.2, -0.15) is 5.10 Å². The highest BCUT2D eigenvalue weighted by atomic mass is 16.1. The van der Waals surface area contributed by atoms with Crippen molar-refractivity contribution in [2.24, 2.45) is 5.41 Å². The standard InChI is InChI=1S/C17H29N3O/c1-4-8-17(9-7-10-18-13-17)16(21)12-15-11-14(5-2)19-20(15)6-3/h11,18H,4-10,12-13H2,1-3H3. The number of ketones is 1. The van der Waals surface area contributed by atoms with Gasteiger partial charge in [-0.1, -0.05) is 20.3 Å². The molecule has 0 radical (unpaired) electrons. The van der Waals surface area contributed by atoms with Crippen molar-refractivity contribution in [3.8, 4) is 0 Å². The number of aryl methyl sites for hydroxylation is 2. The van der Waals surface area contributed by atoms with Crippen LogP contribution in [-0.4, -0.2) is 28.7 Å². The van der Waals surface area contributed by atoms with Gasteiger partial charge in [0.25, 0.3) is 0 Å². The lowest BCUT2D eigenvalue weighted by Crippen LogP contribution is -2.46. The molecule has 118 valence electrons. The third-order valence-corrected chi connectivity index (χ3v) is 4.71. The first-order valence-electron chi connectivity index (χ1n) is 8.44. The minimum Gasteiger partial charge on any atom is -0.316 e. The summed E-state index contributed by atoms with van der Waals surface area (Å²) in [5, 5.41) is 7.99. The van der Waals surface area contributed by atoms with Crippen LogP contribution in [0.3, 0.4) is 0 Å². The number of nitrogens with one attached hydrogen (secondary N) is 1. The summed E-state index contributed by atoms with van der Waals surface area (Å²) in [6.07, 6.45) is 5.67. The summed E-state index contributed by atoms with van der Waals surface area (Å²) < 4.78 is 1.99. The Morgan fingerprint density at radius 2 is 2.24 bits per heavy atom. The molecule has 1 fully saturated rings. The molecule has 2 rings (SSSR count). The van der Waals surface area contributed by atoms with Gasteiger partial charge in [-0.15, -0.1) is 0 Å². The number of nitrogens with zero attached hydrogens (tertiary/aromatic N) is 2. The van der Waals surface area contributed by atoms with E-state index in [0.717, 1.165) is 63.1 Å². The number of hydrogen-bond donors (Lipinski definition) is 1. The molecule has 21 heavy (non-hydrogen) atoms. The zero-order valence-electron chi connectivity index (χ0n) is 13.7. The number of aromatic nitrogens is 2. The summed E-state index contributed by atoms with van der Waals surface area (Å²) in [5.41, 5.74) is 2.02. The number of hydrogen-bond acceptors (Lipinski definition) is 3. The fourth-order valence-corrected chi connectivity index (χ4v) is 3.49. The minimum atomic E-state index is -0.151. The van der Waals surface area contributed by atoms with Crippen molar-refractivity contribution >= 4 is 5.78 Å². The molecule has 1 unspecified atom stereocenters. The van der Waals surface area contributed by atoms with E-state index in [0.29, 0.717) is 12.2 Å². The van der Waals surface area contributed by atoms with Crippen LogP contribution in [0.5, 0.6) is 0 Å². The van der Waals surface area contributed by atoms with Gasteiger partial charge in [0.05, 0.1) is 5.69 Å². The molecular formula is C17H29N3O. The van der Waals surface area contributed by atoms with Crippen LogP contribution in [-0.2, 0) is 24.2 Å². The Labute approximate surface area is 128 Å². The van der Waals surface area contributed by atoms with Crippen LogP contribution in [0.2, 0.25) is 0 Å². The molecule has 1 atom stereocenters. The fraction of sp³-hybridized carbons (Fsp3) is 0.765. The van der Waals surface area contributed by atoms with E-state index in [4.69, 9.17) is 0 Å². The summed E-state index contributed by atoms with van der Waals surface area (Å²) in [4.78, 5) is 13.0. The Morgan fingerprint density at radius 3 is 2.81 bits per heavy atom. The van der Waals surface area contributed by atoms with Crippen LogP contribution in [0.15, 0.2) is 6.07 Å². The molecule has 0 aromatic carbocycles. The highest BCUT2D eigenvalue weighted by Crippen LogP contribution is 2.34. The lowest BCUT2D eigenvalue weighted by Gasteiger charge is -2.36. The summed E-state index contributed by atoms with van der Waals surface area (Å²) in [7, 11) is 0. The topological polar surface area (TPSA) is 46.9 Å². The maximum absolute atomic E-state index is 13.0. The van der Waals surface area contributed by atoms with Crippen molar-refractivity contribution in [2.75, 3.05) is 13.1 Å². The van der Waals surface area contributed by atoms with E-state index in [9.17, 15) is 4.79 Å². The van der Waals surface area contributed by atoms with E-state index in [-0.39, 0.29) is 5.41 Å². The first-order chi connectivity index (χ1) is 10.1. The minimum absolute atomic E-state index is 0.151. The molecule has 4 nitrogen and oxygen atoms in total.